The van der Waals surface area contributed by atoms with Crippen molar-refractivity contribution in [3.8, 4) is 0 Å². The molecule has 0 spiro atoms. The number of allylic oxidation sites excluding steroid dienone is 26. The largest absolute Gasteiger partial charge is 0.462 e. The summed E-state index contributed by atoms with van der Waals surface area (Å²) in [6.07, 6.45) is 68.0. The Morgan fingerprint density at radius 3 is 1.15 bits per heavy atom. The minimum Gasteiger partial charge on any atom is -0.462 e. The number of rotatable bonds is 37. The molecule has 0 aliphatic heterocycles. The minimum atomic E-state index is -0.851. The summed E-state index contributed by atoms with van der Waals surface area (Å²) in [7, 11) is 0. The van der Waals surface area contributed by atoms with Gasteiger partial charge in [0.1, 0.15) is 13.2 Å². The van der Waals surface area contributed by atoms with E-state index in [1.807, 2.05) is 91.1 Å². The van der Waals surface area contributed by atoms with E-state index in [2.05, 4.69) is 87.6 Å². The zero-order valence-corrected chi connectivity index (χ0v) is 37.4. The van der Waals surface area contributed by atoms with Crippen molar-refractivity contribution in [1.82, 2.24) is 0 Å². The second-order valence-corrected chi connectivity index (χ2v) is 14.0. The molecule has 0 N–H and O–H groups in total. The zero-order chi connectivity index (χ0) is 43.7. The van der Waals surface area contributed by atoms with Crippen LogP contribution in [0, 0.1) is 0 Å². The van der Waals surface area contributed by atoms with E-state index in [9.17, 15) is 14.4 Å². The molecule has 0 radical (unpaired) electrons. The lowest BCUT2D eigenvalue weighted by atomic mass is 10.1. The van der Waals surface area contributed by atoms with Crippen LogP contribution in [0.1, 0.15) is 143 Å². The van der Waals surface area contributed by atoms with Crippen molar-refractivity contribution in [3.63, 3.8) is 0 Å². The maximum atomic E-state index is 12.7. The van der Waals surface area contributed by atoms with E-state index < -0.39 is 12.1 Å². The normalized spacial score (nSPS) is 13.6. The van der Waals surface area contributed by atoms with Gasteiger partial charge in [0.25, 0.3) is 0 Å². The Morgan fingerprint density at radius 2 is 0.700 bits per heavy atom. The van der Waals surface area contributed by atoms with Gasteiger partial charge in [-0.2, -0.15) is 0 Å². The van der Waals surface area contributed by atoms with Gasteiger partial charge in [-0.15, -0.1) is 0 Å². The van der Waals surface area contributed by atoms with Gasteiger partial charge in [0.05, 0.1) is 0 Å². The van der Waals surface area contributed by atoms with E-state index in [4.69, 9.17) is 14.2 Å². The smallest absolute Gasteiger partial charge is 0.306 e. The predicted molar refractivity (Wildman–Crippen MR) is 255 cm³/mol. The molecule has 6 nitrogen and oxygen atoms in total. The van der Waals surface area contributed by atoms with Crippen LogP contribution in [0.25, 0.3) is 0 Å². The van der Waals surface area contributed by atoms with Crippen LogP contribution in [0.2, 0.25) is 0 Å². The summed E-state index contributed by atoms with van der Waals surface area (Å²) >= 11 is 0. The molecule has 0 bridgehead atoms. The van der Waals surface area contributed by atoms with Crippen LogP contribution < -0.4 is 0 Å². The molecule has 0 aromatic carbocycles. The van der Waals surface area contributed by atoms with E-state index in [1.165, 1.54) is 0 Å². The Balaban J connectivity index is 4.66. The van der Waals surface area contributed by atoms with Gasteiger partial charge in [0, 0.05) is 19.3 Å². The van der Waals surface area contributed by atoms with E-state index in [-0.39, 0.29) is 44.4 Å². The molecule has 0 aliphatic carbocycles. The third kappa shape index (κ3) is 44.1. The summed E-state index contributed by atoms with van der Waals surface area (Å²) in [6.45, 7) is 6.06. The summed E-state index contributed by atoms with van der Waals surface area (Å²) in [4.78, 5) is 37.8. The summed E-state index contributed by atoms with van der Waals surface area (Å²) in [5.74, 6) is -1.11. The molecule has 0 heterocycles. The highest BCUT2D eigenvalue weighted by atomic mass is 16.6. The third-order valence-corrected chi connectivity index (χ3v) is 8.48. The lowest BCUT2D eigenvalue weighted by Crippen LogP contribution is -2.30. The monoisotopic (exact) mass is 823 g/mol. The second kappa shape index (κ2) is 46.7. The molecule has 0 aromatic rings. The highest BCUT2D eigenvalue weighted by Crippen LogP contribution is 2.10. The molecule has 0 saturated carbocycles. The maximum Gasteiger partial charge on any atom is 0.306 e. The van der Waals surface area contributed by atoms with Crippen LogP contribution in [0.5, 0.6) is 0 Å². The number of hydrogen-bond acceptors (Lipinski definition) is 6. The molecule has 0 saturated heterocycles. The van der Waals surface area contributed by atoms with Gasteiger partial charge >= 0.3 is 17.9 Å². The first-order valence-electron chi connectivity index (χ1n) is 22.6. The molecular formula is C54H78O6. The lowest BCUT2D eigenvalue weighted by molar-refractivity contribution is -0.167. The van der Waals surface area contributed by atoms with Crippen LogP contribution in [-0.2, 0) is 28.6 Å². The van der Waals surface area contributed by atoms with Gasteiger partial charge < -0.3 is 14.2 Å². The van der Waals surface area contributed by atoms with Crippen molar-refractivity contribution < 1.29 is 28.6 Å². The molecule has 0 amide bonds. The van der Waals surface area contributed by atoms with Crippen LogP contribution in [0.3, 0.4) is 0 Å². The second-order valence-electron chi connectivity index (χ2n) is 14.0. The van der Waals surface area contributed by atoms with Crippen LogP contribution in [0.15, 0.2) is 158 Å². The third-order valence-electron chi connectivity index (χ3n) is 8.48. The van der Waals surface area contributed by atoms with Gasteiger partial charge in [-0.3, -0.25) is 14.4 Å². The van der Waals surface area contributed by atoms with Gasteiger partial charge in [-0.05, 0) is 89.9 Å². The Morgan fingerprint density at radius 1 is 0.350 bits per heavy atom. The molecule has 60 heavy (non-hydrogen) atoms. The highest BCUT2D eigenvalue weighted by molar-refractivity contribution is 5.71. The molecule has 1 unspecified atom stereocenters. The molecular weight excluding hydrogens is 745 g/mol. The van der Waals surface area contributed by atoms with Crippen molar-refractivity contribution in [2.45, 2.75) is 149 Å². The predicted octanol–water partition coefficient (Wildman–Crippen LogP) is 14.7. The summed E-state index contributed by atoms with van der Waals surface area (Å²) in [5.41, 5.74) is 0. The van der Waals surface area contributed by atoms with Crippen LogP contribution >= 0.6 is 0 Å². The Labute approximate surface area is 365 Å². The molecule has 0 rings (SSSR count). The van der Waals surface area contributed by atoms with E-state index in [0.29, 0.717) is 19.3 Å². The Bertz CT molecular complexity index is 1460. The fourth-order valence-corrected chi connectivity index (χ4v) is 5.18. The number of carbonyl (C=O) groups excluding carboxylic acids is 3. The Kier molecular flexibility index (Phi) is 42.8. The number of unbranched alkanes of at least 4 members (excludes halogenated alkanes) is 7. The molecule has 0 fully saturated rings. The van der Waals surface area contributed by atoms with Gasteiger partial charge in [-0.1, -0.05) is 192 Å². The zero-order valence-electron chi connectivity index (χ0n) is 37.4. The molecule has 0 aromatic heterocycles. The van der Waals surface area contributed by atoms with Gasteiger partial charge in [-0.25, -0.2) is 0 Å². The average Bonchev–Trinajstić information content (AvgIpc) is 3.24. The average molecular weight is 823 g/mol. The van der Waals surface area contributed by atoms with E-state index in [0.717, 1.165) is 83.5 Å². The van der Waals surface area contributed by atoms with Crippen molar-refractivity contribution in [2.24, 2.45) is 0 Å². The first-order valence-corrected chi connectivity index (χ1v) is 22.6. The van der Waals surface area contributed by atoms with Crippen molar-refractivity contribution in [1.29, 1.82) is 0 Å². The first-order chi connectivity index (χ1) is 29.5. The molecule has 330 valence electrons. The molecule has 0 aliphatic rings. The summed E-state index contributed by atoms with van der Waals surface area (Å²) in [6, 6.07) is 0. The SMILES string of the molecule is CC/C=C/C=C/C=C/C=C/C=C/CCCC(=O)OC(COC(=O)CCCCC/C=C/C=C/C=C/C=C/CC)COC(=O)CCCCC/C=C/C/C=C/C/C=C/C/C=C/CC. The highest BCUT2D eigenvalue weighted by Gasteiger charge is 2.19. The summed E-state index contributed by atoms with van der Waals surface area (Å²) in [5, 5.41) is 0. The van der Waals surface area contributed by atoms with Crippen LogP contribution in [0.4, 0.5) is 0 Å². The standard InChI is InChI=1S/C54H78O6/c1-4-7-10-13-16-19-22-25-26-27-30-32-35-38-41-44-47-53(56)59-50-51(60-54(57)48-45-42-39-36-33-29-24-21-18-15-12-9-6-3)49-58-52(55)46-43-40-37-34-31-28-23-20-17-14-11-8-5-2/h7-12,14-21,23-26,28-33,36,39,51H,4-6,13,22,27,34-35,37-38,40-50H2,1-3H3/b10-7+,11-8+,12-9+,17-14+,18-15+,19-16+,23-20+,24-21+,26-25+,31-28+,32-30+,33-29+,39-36+. The first kappa shape index (κ1) is 55.0. The van der Waals surface area contributed by atoms with Gasteiger partial charge in [0.15, 0.2) is 6.10 Å². The lowest BCUT2D eigenvalue weighted by Gasteiger charge is -2.18. The van der Waals surface area contributed by atoms with Crippen LogP contribution in [-0.4, -0.2) is 37.2 Å². The molecule has 1 atom stereocenters. The number of esters is 3. The van der Waals surface area contributed by atoms with E-state index >= 15 is 0 Å². The number of carbonyl (C=O) groups is 3. The van der Waals surface area contributed by atoms with Crippen molar-refractivity contribution in [3.05, 3.63) is 158 Å². The number of hydrogen-bond donors (Lipinski definition) is 0. The maximum absolute atomic E-state index is 12.7. The van der Waals surface area contributed by atoms with Crippen molar-refractivity contribution >= 4 is 17.9 Å². The fourth-order valence-electron chi connectivity index (χ4n) is 5.18. The molecule has 6 heteroatoms. The minimum absolute atomic E-state index is 0.145. The van der Waals surface area contributed by atoms with Crippen molar-refractivity contribution in [2.75, 3.05) is 13.2 Å². The quantitative estimate of drug-likeness (QED) is 0.0204. The Hall–Kier alpha value is -4.97. The summed E-state index contributed by atoms with van der Waals surface area (Å²) < 4.78 is 16.6. The van der Waals surface area contributed by atoms with E-state index in [1.54, 1.807) is 0 Å². The van der Waals surface area contributed by atoms with Gasteiger partial charge in [0.2, 0.25) is 0 Å². The number of ether oxygens (including phenoxy) is 3. The topological polar surface area (TPSA) is 78.9 Å². The fraction of sp³-hybridized carbons (Fsp3) is 0.463.